The van der Waals surface area contributed by atoms with Gasteiger partial charge in [0.05, 0.1) is 60.3 Å². The second-order valence-electron chi connectivity index (χ2n) is 11.9. The summed E-state index contributed by atoms with van der Waals surface area (Å²) in [6, 6.07) is 1.89. The topological polar surface area (TPSA) is 131 Å². The summed E-state index contributed by atoms with van der Waals surface area (Å²) in [7, 11) is 0. The number of hydrogen-bond donors (Lipinski definition) is 3. The SMILES string of the molecule is CCN(C(=O)NC(C)(CO)C(=O)O)c1ccc(C(F)(F)F)cc1CN(Cc1cc(C(F)(F)F)cc(C(F)(F)F)c1)c1ncc(N2CCOCC2)cn1. The molecule has 284 valence electrons. The largest absolute Gasteiger partial charge is 0.479 e. The first-order chi connectivity index (χ1) is 24.2. The summed E-state index contributed by atoms with van der Waals surface area (Å²) in [4.78, 5) is 37.3. The third kappa shape index (κ3) is 9.52. The number of carboxylic acid groups (broad SMARTS) is 1. The van der Waals surface area contributed by atoms with Gasteiger partial charge in [-0.1, -0.05) is 0 Å². The summed E-state index contributed by atoms with van der Waals surface area (Å²) >= 11 is 0. The number of aliphatic hydroxyl groups is 1. The molecule has 2 heterocycles. The molecule has 4 rings (SSSR count). The first-order valence-corrected chi connectivity index (χ1v) is 15.5. The van der Waals surface area contributed by atoms with Gasteiger partial charge in [0, 0.05) is 32.7 Å². The Labute approximate surface area is 290 Å². The van der Waals surface area contributed by atoms with Crippen LogP contribution in [0.15, 0.2) is 48.8 Å². The molecule has 1 aromatic heterocycles. The molecular weight excluding hydrogens is 719 g/mol. The van der Waals surface area contributed by atoms with Crippen LogP contribution in [0.25, 0.3) is 0 Å². The van der Waals surface area contributed by atoms with Crippen molar-refractivity contribution in [1.29, 1.82) is 0 Å². The van der Waals surface area contributed by atoms with E-state index in [0.717, 1.165) is 22.8 Å². The Morgan fingerprint density at radius 3 is 1.90 bits per heavy atom. The van der Waals surface area contributed by atoms with E-state index >= 15 is 0 Å². The van der Waals surface area contributed by atoms with Crippen molar-refractivity contribution in [2.45, 2.75) is 51.0 Å². The quantitative estimate of drug-likeness (QED) is 0.204. The van der Waals surface area contributed by atoms with Gasteiger partial charge in [-0.2, -0.15) is 39.5 Å². The van der Waals surface area contributed by atoms with Gasteiger partial charge in [0.1, 0.15) is 0 Å². The number of carbonyl (C=O) groups is 2. The second kappa shape index (κ2) is 15.4. The third-order valence-electron chi connectivity index (χ3n) is 8.10. The van der Waals surface area contributed by atoms with Crippen LogP contribution >= 0.6 is 0 Å². The van der Waals surface area contributed by atoms with Crippen LogP contribution in [0.5, 0.6) is 0 Å². The predicted octanol–water partition coefficient (Wildman–Crippen LogP) is 5.95. The van der Waals surface area contributed by atoms with Crippen LogP contribution in [0.4, 0.5) is 61.6 Å². The van der Waals surface area contributed by atoms with Gasteiger partial charge in [-0.3, -0.25) is 4.90 Å². The average Bonchev–Trinajstić information content (AvgIpc) is 3.07. The summed E-state index contributed by atoms with van der Waals surface area (Å²) in [6.07, 6.45) is -12.7. The highest BCUT2D eigenvalue weighted by molar-refractivity contribution is 5.96. The third-order valence-corrected chi connectivity index (χ3v) is 8.10. The molecule has 2 amide bonds. The number of urea groups is 1. The van der Waals surface area contributed by atoms with E-state index in [1.807, 2.05) is 4.90 Å². The molecule has 0 bridgehead atoms. The van der Waals surface area contributed by atoms with E-state index in [-0.39, 0.29) is 29.8 Å². The maximum absolute atomic E-state index is 14.0. The Balaban J connectivity index is 1.86. The molecule has 0 radical (unpaired) electrons. The van der Waals surface area contributed by atoms with Gasteiger partial charge in [0.15, 0.2) is 5.54 Å². The number of alkyl halides is 9. The van der Waals surface area contributed by atoms with Crippen LogP contribution in [-0.4, -0.2) is 77.2 Å². The highest BCUT2D eigenvalue weighted by Crippen LogP contribution is 2.38. The summed E-state index contributed by atoms with van der Waals surface area (Å²) in [5, 5.41) is 21.3. The number of amides is 2. The number of rotatable bonds is 11. The molecule has 2 aromatic carbocycles. The smallest absolute Gasteiger partial charge is 0.416 e. The minimum Gasteiger partial charge on any atom is -0.479 e. The van der Waals surface area contributed by atoms with Gasteiger partial charge in [-0.25, -0.2) is 19.6 Å². The van der Waals surface area contributed by atoms with Crippen LogP contribution in [0.2, 0.25) is 0 Å². The summed E-state index contributed by atoms with van der Waals surface area (Å²) in [5.74, 6) is -1.92. The molecule has 20 heteroatoms. The number of benzene rings is 2. The highest BCUT2D eigenvalue weighted by Gasteiger charge is 2.39. The van der Waals surface area contributed by atoms with E-state index in [1.165, 1.54) is 19.3 Å². The number of nitrogens with zero attached hydrogens (tertiary/aromatic N) is 5. The van der Waals surface area contributed by atoms with Crippen molar-refractivity contribution in [2.75, 3.05) is 54.2 Å². The fourth-order valence-corrected chi connectivity index (χ4v) is 5.24. The van der Waals surface area contributed by atoms with Crippen LogP contribution in [0.3, 0.4) is 0 Å². The maximum atomic E-state index is 14.0. The predicted molar refractivity (Wildman–Crippen MR) is 168 cm³/mol. The van der Waals surface area contributed by atoms with Crippen LogP contribution < -0.4 is 20.0 Å². The Morgan fingerprint density at radius 1 is 0.865 bits per heavy atom. The normalized spacial score (nSPS) is 15.2. The Hall–Kier alpha value is -4.85. The summed E-state index contributed by atoms with van der Waals surface area (Å²) in [6.45, 7) is 1.26. The van der Waals surface area contributed by atoms with Gasteiger partial charge in [-0.05, 0) is 61.4 Å². The minimum absolute atomic E-state index is 0.0681. The fourth-order valence-electron chi connectivity index (χ4n) is 5.24. The standard InChI is InChI=1S/C32H33F9N6O5/c1-3-47(28(51)44-29(2,18-48)26(49)50)25-5-4-21(30(33,34)35)12-20(25)17-46(27-42-14-24(15-43-27)45-6-8-52-9-7-45)16-19-10-22(31(36,37)38)13-23(11-19)32(39,40)41/h4-5,10-15,48H,3,6-9,16-18H2,1-2H3,(H,44,51)(H,49,50). The Bertz CT molecular complexity index is 1700. The van der Waals surface area contributed by atoms with Crippen molar-refractivity contribution in [1.82, 2.24) is 15.3 Å². The van der Waals surface area contributed by atoms with Gasteiger partial charge in [0.25, 0.3) is 0 Å². The number of aliphatic hydroxyl groups excluding tert-OH is 1. The zero-order valence-corrected chi connectivity index (χ0v) is 27.5. The van der Waals surface area contributed by atoms with E-state index in [4.69, 9.17) is 4.74 Å². The number of ether oxygens (including phenoxy) is 1. The number of halogens is 9. The summed E-state index contributed by atoms with van der Waals surface area (Å²) < 4.78 is 130. The lowest BCUT2D eigenvalue weighted by Gasteiger charge is -2.32. The molecule has 3 N–H and O–H groups in total. The van der Waals surface area contributed by atoms with E-state index in [9.17, 15) is 59.3 Å². The van der Waals surface area contributed by atoms with Gasteiger partial charge in [0.2, 0.25) is 5.95 Å². The van der Waals surface area contributed by atoms with Crippen molar-refractivity contribution in [3.05, 3.63) is 76.6 Å². The van der Waals surface area contributed by atoms with Gasteiger partial charge >= 0.3 is 30.5 Å². The monoisotopic (exact) mass is 752 g/mol. The molecule has 1 fully saturated rings. The van der Waals surface area contributed by atoms with Crippen molar-refractivity contribution in [3.63, 3.8) is 0 Å². The van der Waals surface area contributed by atoms with E-state index in [2.05, 4.69) is 15.3 Å². The number of carboxylic acids is 1. The lowest BCUT2D eigenvalue weighted by Crippen LogP contribution is -2.58. The van der Waals surface area contributed by atoms with Crippen molar-refractivity contribution >= 4 is 29.3 Å². The minimum atomic E-state index is -5.20. The van der Waals surface area contributed by atoms with Crippen LogP contribution in [0, 0.1) is 0 Å². The molecule has 3 aromatic rings. The molecular formula is C32H33F9N6O5. The molecule has 1 aliphatic heterocycles. The average molecular weight is 753 g/mol. The maximum Gasteiger partial charge on any atom is 0.416 e. The molecule has 1 unspecified atom stereocenters. The number of morpholine rings is 1. The molecule has 1 aliphatic rings. The molecule has 11 nitrogen and oxygen atoms in total. The summed E-state index contributed by atoms with van der Waals surface area (Å²) in [5.41, 5.74) is -7.26. The number of aromatic nitrogens is 2. The van der Waals surface area contributed by atoms with Crippen LogP contribution in [0.1, 0.15) is 41.7 Å². The molecule has 0 spiro atoms. The fraction of sp³-hybridized carbons (Fsp3) is 0.438. The van der Waals surface area contributed by atoms with Crippen molar-refractivity contribution < 1.29 is 64.1 Å². The molecule has 1 saturated heterocycles. The number of hydrogen-bond acceptors (Lipinski definition) is 8. The van der Waals surface area contributed by atoms with Crippen molar-refractivity contribution in [3.8, 4) is 0 Å². The van der Waals surface area contributed by atoms with Crippen molar-refractivity contribution in [2.24, 2.45) is 0 Å². The number of aliphatic carboxylic acids is 1. The van der Waals surface area contributed by atoms with E-state index < -0.39 is 78.0 Å². The number of carbonyl (C=O) groups excluding carboxylic acids is 1. The first-order valence-electron chi connectivity index (χ1n) is 15.5. The van der Waals surface area contributed by atoms with E-state index in [0.29, 0.717) is 56.3 Å². The molecule has 1 atom stereocenters. The molecule has 52 heavy (non-hydrogen) atoms. The lowest BCUT2D eigenvalue weighted by molar-refractivity contribution is -0.145. The number of nitrogens with one attached hydrogen (secondary N) is 1. The lowest BCUT2D eigenvalue weighted by atomic mass is 10.0. The number of anilines is 3. The van der Waals surface area contributed by atoms with E-state index in [1.54, 1.807) is 0 Å². The Kier molecular flexibility index (Phi) is 11.8. The van der Waals surface area contributed by atoms with Gasteiger partial charge < -0.3 is 30.1 Å². The van der Waals surface area contributed by atoms with Crippen LogP contribution in [-0.2, 0) is 41.1 Å². The van der Waals surface area contributed by atoms with Gasteiger partial charge in [-0.15, -0.1) is 0 Å². The molecule has 0 aliphatic carbocycles. The molecule has 0 saturated carbocycles. The zero-order valence-electron chi connectivity index (χ0n) is 27.5. The Morgan fingerprint density at radius 2 is 1.42 bits per heavy atom. The first kappa shape index (κ1) is 39.9. The second-order valence-corrected chi connectivity index (χ2v) is 11.9. The highest BCUT2D eigenvalue weighted by atomic mass is 19.4. The zero-order chi connectivity index (χ0) is 38.6.